The van der Waals surface area contributed by atoms with Crippen molar-refractivity contribution in [1.29, 1.82) is 0 Å². The van der Waals surface area contributed by atoms with Gasteiger partial charge in [-0.25, -0.2) is 9.18 Å². The van der Waals surface area contributed by atoms with Crippen LogP contribution in [0.4, 0.5) is 10.1 Å². The minimum absolute atomic E-state index is 0.0360. The molecule has 0 saturated carbocycles. The molecule has 0 aliphatic carbocycles. The summed E-state index contributed by atoms with van der Waals surface area (Å²) in [6.07, 6.45) is 0. The smallest absolute Gasteiger partial charge is 0.338 e. The molecule has 2 aromatic carbocycles. The van der Waals surface area contributed by atoms with Crippen LogP contribution in [0.1, 0.15) is 10.4 Å². The van der Waals surface area contributed by atoms with Crippen LogP contribution in [0, 0.1) is 5.82 Å². The fourth-order valence-corrected chi connectivity index (χ4v) is 1.94. The molecule has 24 heavy (non-hydrogen) atoms. The van der Waals surface area contributed by atoms with Gasteiger partial charge in [-0.3, -0.25) is 4.79 Å². The highest BCUT2D eigenvalue weighted by molar-refractivity contribution is 5.95. The number of hydrogen-bond acceptors (Lipinski definition) is 5. The molecule has 0 aliphatic heterocycles. The number of ether oxygens (including phenoxy) is 3. The molecular formula is C17H16FNO5. The molecule has 0 heterocycles. The Kier molecular flexibility index (Phi) is 5.73. The van der Waals surface area contributed by atoms with Gasteiger partial charge < -0.3 is 19.5 Å². The molecule has 0 bridgehead atoms. The van der Waals surface area contributed by atoms with E-state index in [1.807, 2.05) is 0 Å². The first-order valence-electron chi connectivity index (χ1n) is 6.98. The van der Waals surface area contributed by atoms with Gasteiger partial charge in [0.15, 0.2) is 18.1 Å². The van der Waals surface area contributed by atoms with Gasteiger partial charge in [0.1, 0.15) is 5.82 Å². The van der Waals surface area contributed by atoms with E-state index in [9.17, 15) is 14.0 Å². The van der Waals surface area contributed by atoms with Crippen LogP contribution in [0.25, 0.3) is 0 Å². The second-order valence-electron chi connectivity index (χ2n) is 4.70. The van der Waals surface area contributed by atoms with E-state index in [4.69, 9.17) is 14.2 Å². The molecule has 1 amide bonds. The Balaban J connectivity index is 1.92. The van der Waals surface area contributed by atoms with Crippen LogP contribution in [0.5, 0.6) is 11.5 Å². The summed E-state index contributed by atoms with van der Waals surface area (Å²) < 4.78 is 28.1. The average Bonchev–Trinajstić information content (AvgIpc) is 2.59. The first kappa shape index (κ1) is 17.3. The number of methoxy groups -OCH3 is 2. The van der Waals surface area contributed by atoms with Crippen molar-refractivity contribution >= 4 is 17.6 Å². The Morgan fingerprint density at radius 1 is 1.04 bits per heavy atom. The molecule has 0 atom stereocenters. The number of benzene rings is 2. The lowest BCUT2D eigenvalue weighted by atomic mass is 10.2. The Morgan fingerprint density at radius 2 is 1.79 bits per heavy atom. The normalized spacial score (nSPS) is 9.96. The Morgan fingerprint density at radius 3 is 2.46 bits per heavy atom. The molecule has 0 radical (unpaired) electrons. The summed E-state index contributed by atoms with van der Waals surface area (Å²) in [5.41, 5.74) is 0.494. The van der Waals surface area contributed by atoms with Gasteiger partial charge >= 0.3 is 5.97 Å². The molecule has 0 aliphatic rings. The van der Waals surface area contributed by atoms with Crippen LogP contribution in [-0.2, 0) is 9.53 Å². The van der Waals surface area contributed by atoms with Crippen molar-refractivity contribution in [2.75, 3.05) is 26.1 Å². The van der Waals surface area contributed by atoms with E-state index in [1.165, 1.54) is 32.4 Å². The number of carbonyl (C=O) groups is 2. The molecule has 0 spiro atoms. The quantitative estimate of drug-likeness (QED) is 0.823. The average molecular weight is 333 g/mol. The monoisotopic (exact) mass is 333 g/mol. The number of nitrogens with one attached hydrogen (secondary N) is 1. The first-order chi connectivity index (χ1) is 11.5. The van der Waals surface area contributed by atoms with E-state index in [0.717, 1.165) is 6.07 Å². The molecule has 2 aromatic rings. The fraction of sp³-hybridized carbons (Fsp3) is 0.176. The Labute approximate surface area is 138 Å². The van der Waals surface area contributed by atoms with Crippen LogP contribution in [0.3, 0.4) is 0 Å². The summed E-state index contributed by atoms with van der Waals surface area (Å²) in [7, 11) is 2.98. The number of esters is 1. The third kappa shape index (κ3) is 4.45. The zero-order valence-electron chi connectivity index (χ0n) is 13.2. The molecule has 6 nitrogen and oxygen atoms in total. The lowest BCUT2D eigenvalue weighted by Gasteiger charge is -2.10. The second kappa shape index (κ2) is 7.96. The predicted octanol–water partition coefficient (Wildman–Crippen LogP) is 2.64. The molecule has 0 unspecified atom stereocenters. The lowest BCUT2D eigenvalue weighted by Crippen LogP contribution is -2.21. The first-order valence-corrected chi connectivity index (χ1v) is 6.98. The number of hydrogen-bond donors (Lipinski definition) is 1. The number of halogens is 1. The zero-order valence-corrected chi connectivity index (χ0v) is 13.2. The molecule has 126 valence electrons. The van der Waals surface area contributed by atoms with E-state index in [-0.39, 0.29) is 5.56 Å². The van der Waals surface area contributed by atoms with Crippen molar-refractivity contribution in [3.8, 4) is 11.5 Å². The van der Waals surface area contributed by atoms with Gasteiger partial charge in [0.25, 0.3) is 5.91 Å². The van der Waals surface area contributed by atoms with E-state index >= 15 is 0 Å². The zero-order chi connectivity index (χ0) is 17.5. The topological polar surface area (TPSA) is 73.9 Å². The third-order valence-electron chi connectivity index (χ3n) is 3.06. The lowest BCUT2D eigenvalue weighted by molar-refractivity contribution is -0.119. The summed E-state index contributed by atoms with van der Waals surface area (Å²) in [5, 5.41) is 2.56. The summed E-state index contributed by atoms with van der Waals surface area (Å²) in [6.45, 7) is -0.496. The summed E-state index contributed by atoms with van der Waals surface area (Å²) in [4.78, 5) is 23.6. The minimum Gasteiger partial charge on any atom is -0.493 e. The highest BCUT2D eigenvalue weighted by Gasteiger charge is 2.12. The Hall–Kier alpha value is -3.09. The fourth-order valence-electron chi connectivity index (χ4n) is 1.94. The highest BCUT2D eigenvalue weighted by Crippen LogP contribution is 2.29. The predicted molar refractivity (Wildman–Crippen MR) is 84.9 cm³/mol. The van der Waals surface area contributed by atoms with Crippen molar-refractivity contribution < 1.29 is 28.2 Å². The van der Waals surface area contributed by atoms with Crippen LogP contribution >= 0.6 is 0 Å². The highest BCUT2D eigenvalue weighted by atomic mass is 19.1. The maximum absolute atomic E-state index is 13.0. The van der Waals surface area contributed by atoms with Crippen molar-refractivity contribution in [3.63, 3.8) is 0 Å². The summed E-state index contributed by atoms with van der Waals surface area (Å²) in [5.74, 6) is -0.900. The van der Waals surface area contributed by atoms with E-state index in [0.29, 0.717) is 17.2 Å². The maximum Gasteiger partial charge on any atom is 0.338 e. The maximum atomic E-state index is 13.0. The van der Waals surface area contributed by atoms with E-state index < -0.39 is 24.3 Å². The van der Waals surface area contributed by atoms with Gasteiger partial charge in [0.2, 0.25) is 0 Å². The van der Waals surface area contributed by atoms with E-state index in [1.54, 1.807) is 18.2 Å². The van der Waals surface area contributed by atoms with Gasteiger partial charge in [0, 0.05) is 11.8 Å². The molecule has 0 saturated heterocycles. The van der Waals surface area contributed by atoms with Gasteiger partial charge in [-0.05, 0) is 30.3 Å². The van der Waals surface area contributed by atoms with Crippen LogP contribution in [0.2, 0.25) is 0 Å². The van der Waals surface area contributed by atoms with Crippen molar-refractivity contribution in [2.45, 2.75) is 0 Å². The number of anilines is 1. The van der Waals surface area contributed by atoms with Crippen molar-refractivity contribution in [2.24, 2.45) is 0 Å². The molecule has 1 N–H and O–H groups in total. The minimum atomic E-state index is -0.781. The van der Waals surface area contributed by atoms with Crippen LogP contribution < -0.4 is 14.8 Å². The largest absolute Gasteiger partial charge is 0.493 e. The van der Waals surface area contributed by atoms with Gasteiger partial charge in [-0.1, -0.05) is 6.07 Å². The van der Waals surface area contributed by atoms with Gasteiger partial charge in [-0.2, -0.15) is 0 Å². The van der Waals surface area contributed by atoms with Crippen LogP contribution in [0.15, 0.2) is 42.5 Å². The van der Waals surface area contributed by atoms with Gasteiger partial charge in [0.05, 0.1) is 19.8 Å². The number of rotatable bonds is 6. The SMILES string of the molecule is COc1ccc(NC(=O)COC(=O)c2cccc(F)c2)cc1OC. The van der Waals surface area contributed by atoms with Crippen molar-refractivity contribution in [1.82, 2.24) is 0 Å². The molecule has 2 rings (SSSR count). The number of amides is 1. The standard InChI is InChI=1S/C17H16FNO5/c1-22-14-7-6-13(9-15(14)23-2)19-16(20)10-24-17(21)11-4-3-5-12(18)8-11/h3-9H,10H2,1-2H3,(H,19,20). The van der Waals surface area contributed by atoms with Gasteiger partial charge in [-0.15, -0.1) is 0 Å². The molecule has 7 heteroatoms. The Bertz CT molecular complexity index is 748. The van der Waals surface area contributed by atoms with E-state index in [2.05, 4.69) is 5.32 Å². The molecule has 0 aromatic heterocycles. The summed E-state index contributed by atoms with van der Waals surface area (Å²) >= 11 is 0. The molecular weight excluding hydrogens is 317 g/mol. The molecule has 0 fully saturated rings. The van der Waals surface area contributed by atoms with Crippen molar-refractivity contribution in [3.05, 3.63) is 53.8 Å². The summed E-state index contributed by atoms with van der Waals surface area (Å²) in [6, 6.07) is 9.86. The van der Waals surface area contributed by atoms with Crippen LogP contribution in [-0.4, -0.2) is 32.7 Å². The second-order valence-corrected chi connectivity index (χ2v) is 4.70. The number of carbonyl (C=O) groups excluding carboxylic acids is 2. The third-order valence-corrected chi connectivity index (χ3v) is 3.06.